The van der Waals surface area contributed by atoms with E-state index in [9.17, 15) is 9.90 Å². The number of hydrogen-bond donors (Lipinski definition) is 1. The van der Waals surface area contributed by atoms with Crippen LogP contribution in [0.2, 0.25) is 0 Å². The predicted molar refractivity (Wildman–Crippen MR) is 65.7 cm³/mol. The van der Waals surface area contributed by atoms with E-state index in [-0.39, 0.29) is 11.5 Å². The van der Waals surface area contributed by atoms with Crippen molar-refractivity contribution in [2.24, 2.45) is 10.8 Å². The van der Waals surface area contributed by atoms with Crippen LogP contribution >= 0.6 is 0 Å². The number of allylic oxidation sites excluding steroid dienone is 2. The first-order valence-electron chi connectivity index (χ1n) is 5.69. The van der Waals surface area contributed by atoms with E-state index in [0.29, 0.717) is 19.3 Å². The summed E-state index contributed by atoms with van der Waals surface area (Å²) in [5.74, 6) is 0.139. The van der Waals surface area contributed by atoms with Gasteiger partial charge >= 0.3 is 6.20 Å². The zero-order valence-electron chi connectivity index (χ0n) is 10.7. The van der Waals surface area contributed by atoms with Gasteiger partial charge in [0.25, 0.3) is 0 Å². The molecule has 1 aliphatic carbocycles. The van der Waals surface area contributed by atoms with Gasteiger partial charge in [0, 0.05) is 23.7 Å². The second kappa shape index (κ2) is 4.33. The number of Topliss-reactive ketones (excluding diaryl/α,β-unsaturated/α-hetero) is 1. The maximum Gasteiger partial charge on any atom is 0.387 e. The molecule has 0 radical (unpaired) electrons. The molecule has 0 heterocycles. The monoisotopic (exact) mass is 235 g/mol. The number of rotatable bonds is 2. The number of carbonyl (C=O) groups excluding carboxylic acids is 1. The fourth-order valence-corrected chi connectivity index (χ4v) is 2.34. The third-order valence-electron chi connectivity index (χ3n) is 4.24. The lowest BCUT2D eigenvalue weighted by Crippen LogP contribution is -2.42. The minimum atomic E-state index is -0.688. The van der Waals surface area contributed by atoms with Gasteiger partial charge in [-0.2, -0.15) is 0 Å². The molecule has 4 heteroatoms. The van der Waals surface area contributed by atoms with Crippen molar-refractivity contribution in [2.45, 2.75) is 40.0 Å². The number of carbonyl (C=O) groups is 1. The average molecular weight is 235 g/mol. The Labute approximate surface area is 102 Å². The van der Waals surface area contributed by atoms with Crippen LogP contribution in [0, 0.1) is 16.2 Å². The predicted octanol–water partition coefficient (Wildman–Crippen LogP) is 3.58. The first-order valence-corrected chi connectivity index (χ1v) is 5.69. The van der Waals surface area contributed by atoms with Crippen LogP contribution in [-0.4, -0.2) is 10.9 Å². The van der Waals surface area contributed by atoms with E-state index < -0.39 is 10.8 Å². The highest BCUT2D eigenvalue weighted by molar-refractivity contribution is 5.81. The highest BCUT2D eigenvalue weighted by Gasteiger charge is 2.49. The number of aliphatic hydroxyl groups excluding tert-OH is 1. The van der Waals surface area contributed by atoms with Crippen LogP contribution in [0.5, 0.6) is 0 Å². The Morgan fingerprint density at radius 2 is 2.18 bits per heavy atom. The molecule has 1 atom stereocenters. The van der Waals surface area contributed by atoms with Gasteiger partial charge in [-0.25, -0.2) is 0 Å². The fraction of sp³-hybridized carbons (Fsp3) is 0.615. The summed E-state index contributed by atoms with van der Waals surface area (Å²) in [6.07, 6.45) is 2.56. The highest BCUT2D eigenvalue weighted by Crippen LogP contribution is 2.53. The molecule has 1 unspecified atom stereocenters. The number of aliphatic hydroxyl groups is 1. The molecule has 0 aromatic heterocycles. The molecule has 0 aromatic rings. The quantitative estimate of drug-likeness (QED) is 0.452. The Balaban J connectivity index is 3.19. The molecule has 0 amide bonds. The van der Waals surface area contributed by atoms with Crippen molar-refractivity contribution in [1.82, 2.24) is 0 Å². The second-order valence-corrected chi connectivity index (χ2v) is 5.41. The highest BCUT2D eigenvalue weighted by atomic mass is 16.3. The van der Waals surface area contributed by atoms with Crippen LogP contribution in [0.4, 0.5) is 0 Å². The van der Waals surface area contributed by atoms with Gasteiger partial charge in [-0.3, -0.25) is 4.79 Å². The van der Waals surface area contributed by atoms with Crippen LogP contribution in [0.1, 0.15) is 40.0 Å². The molecule has 1 rings (SSSR count). The Bertz CT molecular complexity index is 429. The van der Waals surface area contributed by atoms with Crippen LogP contribution in [0.25, 0.3) is 4.98 Å². The molecule has 1 N–H and O–H groups in total. The van der Waals surface area contributed by atoms with E-state index in [4.69, 9.17) is 5.39 Å². The van der Waals surface area contributed by atoms with E-state index in [1.165, 1.54) is 0 Å². The third kappa shape index (κ3) is 2.10. The van der Waals surface area contributed by atoms with Crippen LogP contribution in [0.15, 0.2) is 24.1 Å². The first kappa shape index (κ1) is 13.4. The third-order valence-corrected chi connectivity index (χ3v) is 4.24. The molecule has 0 saturated heterocycles. The maximum atomic E-state index is 11.6. The Hall–Kier alpha value is -1.63. The van der Waals surface area contributed by atoms with Gasteiger partial charge in [-0.1, -0.05) is 32.9 Å². The molecule has 17 heavy (non-hydrogen) atoms. The van der Waals surface area contributed by atoms with E-state index in [1.807, 2.05) is 20.8 Å². The summed E-state index contributed by atoms with van der Waals surface area (Å²) in [6.45, 7) is 9.61. The summed E-state index contributed by atoms with van der Waals surface area (Å²) in [4.78, 5) is 14.5. The summed E-state index contributed by atoms with van der Waals surface area (Å²) in [6, 6.07) is 0. The lowest BCUT2D eigenvalue weighted by atomic mass is 9.56. The summed E-state index contributed by atoms with van der Waals surface area (Å²) in [7, 11) is 0. The Kier molecular flexibility index (Phi) is 3.42. The Morgan fingerprint density at radius 1 is 1.59 bits per heavy atom. The zero-order valence-corrected chi connectivity index (χ0v) is 10.7. The molecule has 92 valence electrons. The summed E-state index contributed by atoms with van der Waals surface area (Å²) < 4.78 is 0. The standard InChI is InChI=1S/C13H18N2O2/c1-9-5-6-10(16)7-13(9,4)12(2,3)11(17)8-15-14/h8H,1,5-7H2,2-4H3/p+1/b11-8-. The number of ketones is 1. The van der Waals surface area contributed by atoms with Gasteiger partial charge in [0.1, 0.15) is 5.78 Å². The van der Waals surface area contributed by atoms with Crippen molar-refractivity contribution in [3.05, 3.63) is 29.1 Å². The van der Waals surface area contributed by atoms with Gasteiger partial charge in [-0.05, 0) is 6.42 Å². The van der Waals surface area contributed by atoms with E-state index in [1.54, 1.807) is 0 Å². The minimum Gasteiger partial charge on any atom is -0.505 e. The summed E-state index contributed by atoms with van der Waals surface area (Å²) in [5, 5.41) is 18.5. The smallest absolute Gasteiger partial charge is 0.387 e. The molecular weight excluding hydrogens is 216 g/mol. The van der Waals surface area contributed by atoms with Crippen molar-refractivity contribution in [3.63, 3.8) is 0 Å². The molecule has 0 aliphatic heterocycles. The van der Waals surface area contributed by atoms with Gasteiger partial charge in [0.15, 0.2) is 10.7 Å². The van der Waals surface area contributed by atoms with Crippen LogP contribution in [0.3, 0.4) is 0 Å². The van der Waals surface area contributed by atoms with E-state index in [2.05, 4.69) is 11.6 Å². The van der Waals surface area contributed by atoms with Gasteiger partial charge in [0.05, 0.1) is 0 Å². The average Bonchev–Trinajstić information content (AvgIpc) is 2.24. The van der Waals surface area contributed by atoms with Crippen LogP contribution in [-0.2, 0) is 4.79 Å². The second-order valence-electron chi connectivity index (χ2n) is 5.41. The molecule has 0 spiro atoms. The molecule has 4 nitrogen and oxygen atoms in total. The SMILES string of the molecule is C=C1CCC(=O)CC1(C)C(C)(C)/C(O)=C/[N+]#N. The maximum absolute atomic E-state index is 11.6. The Morgan fingerprint density at radius 3 is 2.71 bits per heavy atom. The normalized spacial score (nSPS) is 26.8. The van der Waals surface area contributed by atoms with Gasteiger partial charge < -0.3 is 5.11 Å². The first-order chi connectivity index (χ1) is 7.75. The number of diazo groups is 1. The largest absolute Gasteiger partial charge is 0.505 e. The molecular formula is C13H19N2O2+. The molecule has 0 aromatic carbocycles. The lowest BCUT2D eigenvalue weighted by Gasteiger charge is -2.46. The van der Waals surface area contributed by atoms with Gasteiger partial charge in [0.2, 0.25) is 5.39 Å². The van der Waals surface area contributed by atoms with Gasteiger partial charge in [-0.15, -0.1) is 0 Å². The number of nitrogens with zero attached hydrogens (tertiary/aromatic N) is 2. The molecule has 1 saturated carbocycles. The van der Waals surface area contributed by atoms with Crippen molar-refractivity contribution < 1.29 is 9.90 Å². The number of hydrogen-bond acceptors (Lipinski definition) is 3. The van der Waals surface area contributed by atoms with E-state index in [0.717, 1.165) is 11.8 Å². The van der Waals surface area contributed by atoms with Crippen LogP contribution < -0.4 is 0 Å². The van der Waals surface area contributed by atoms with Crippen molar-refractivity contribution in [3.8, 4) is 0 Å². The summed E-state index contributed by atoms with van der Waals surface area (Å²) in [5.41, 5.74) is -0.236. The zero-order chi connectivity index (χ0) is 13.3. The molecule has 1 aliphatic rings. The minimum absolute atomic E-state index is 0.0432. The fourth-order valence-electron chi connectivity index (χ4n) is 2.34. The lowest BCUT2D eigenvalue weighted by molar-refractivity contribution is -0.123. The van der Waals surface area contributed by atoms with Crippen molar-refractivity contribution in [2.75, 3.05) is 0 Å². The molecule has 1 fully saturated rings. The van der Waals surface area contributed by atoms with Crippen molar-refractivity contribution in [1.29, 1.82) is 5.39 Å². The van der Waals surface area contributed by atoms with E-state index >= 15 is 0 Å². The van der Waals surface area contributed by atoms with Crippen molar-refractivity contribution >= 4 is 5.78 Å². The topological polar surface area (TPSA) is 65.4 Å². The summed E-state index contributed by atoms with van der Waals surface area (Å²) >= 11 is 0. The molecule has 0 bridgehead atoms.